The van der Waals surface area contributed by atoms with E-state index in [1.54, 1.807) is 19.0 Å². The van der Waals surface area contributed by atoms with Crippen molar-refractivity contribution in [2.24, 2.45) is 10.8 Å². The molecule has 1 heterocycles. The number of nitrogens with zero attached hydrogens (tertiary/aromatic N) is 3. The van der Waals surface area contributed by atoms with Crippen LogP contribution in [0.25, 0.3) is 0 Å². The fraction of sp³-hybridized carbons (Fsp3) is 0.583. The maximum absolute atomic E-state index is 6.14. The van der Waals surface area contributed by atoms with Crippen molar-refractivity contribution in [3.63, 3.8) is 0 Å². The van der Waals surface area contributed by atoms with E-state index in [2.05, 4.69) is 17.1 Å². The van der Waals surface area contributed by atoms with E-state index in [9.17, 15) is 0 Å². The molecule has 2 unspecified atom stereocenters. The van der Waals surface area contributed by atoms with Gasteiger partial charge in [-0.3, -0.25) is 0 Å². The number of nitrogens with two attached hydrogens (primary N) is 1. The zero-order valence-electron chi connectivity index (χ0n) is 11.1. The van der Waals surface area contributed by atoms with Gasteiger partial charge < -0.3 is 15.4 Å². The van der Waals surface area contributed by atoms with Gasteiger partial charge in [0.25, 0.3) is 0 Å². The number of rotatable bonds is 2. The quantitative estimate of drug-likeness (QED) is 0.705. The smallest absolute Gasteiger partial charge is 0.226 e. The molecule has 94 valence electrons. The van der Waals surface area contributed by atoms with Crippen molar-refractivity contribution in [1.29, 1.82) is 0 Å². The molecule has 0 aromatic carbocycles. The number of hydrogen-bond acceptors (Lipinski definition) is 5. The van der Waals surface area contributed by atoms with E-state index in [-0.39, 0.29) is 12.1 Å². The molecule has 0 fully saturated rings. The Kier molecular flexibility index (Phi) is 4.41. The largest absolute Gasteiger partial charge is 0.482 e. The van der Waals surface area contributed by atoms with Crippen LogP contribution in [-0.2, 0) is 4.74 Å². The van der Waals surface area contributed by atoms with Gasteiger partial charge in [-0.05, 0) is 13.8 Å². The number of ether oxygens (including phenoxy) is 1. The van der Waals surface area contributed by atoms with E-state index in [1.165, 1.54) is 0 Å². The summed E-state index contributed by atoms with van der Waals surface area (Å²) >= 11 is 0. The van der Waals surface area contributed by atoms with E-state index < -0.39 is 0 Å². The number of allylic oxidation sites excluding steroid dienone is 1. The molecule has 0 saturated carbocycles. The summed E-state index contributed by atoms with van der Waals surface area (Å²) in [4.78, 5) is 2.02. The third kappa shape index (κ3) is 2.53. The summed E-state index contributed by atoms with van der Waals surface area (Å²) in [6.45, 7) is 3.75. The molecule has 1 aliphatic heterocycles. The molecule has 0 amide bonds. The molecule has 17 heavy (non-hydrogen) atoms. The highest BCUT2D eigenvalue weighted by Gasteiger charge is 2.38. The molecule has 2 N–H and O–H groups in total. The van der Waals surface area contributed by atoms with Gasteiger partial charge in [0, 0.05) is 25.8 Å². The van der Waals surface area contributed by atoms with Crippen LogP contribution in [0.15, 0.2) is 16.9 Å². The highest BCUT2D eigenvalue weighted by molar-refractivity contribution is 5.84. The van der Waals surface area contributed by atoms with Gasteiger partial charge in [0.15, 0.2) is 0 Å². The SMILES string of the molecule is CC#CN1N=C(OC)C(N)C1/C(=C\C)N(C)C. The van der Waals surface area contributed by atoms with Crippen LogP contribution in [0.1, 0.15) is 13.8 Å². The topological polar surface area (TPSA) is 54.1 Å². The molecular formula is C12H20N4O. The van der Waals surface area contributed by atoms with Crippen molar-refractivity contribution >= 4 is 5.90 Å². The molecule has 0 bridgehead atoms. The van der Waals surface area contributed by atoms with Crippen molar-refractivity contribution in [2.75, 3.05) is 21.2 Å². The molecule has 1 aliphatic rings. The maximum Gasteiger partial charge on any atom is 0.226 e. The van der Waals surface area contributed by atoms with Crippen molar-refractivity contribution in [1.82, 2.24) is 9.91 Å². The highest BCUT2D eigenvalue weighted by Crippen LogP contribution is 2.22. The molecule has 2 atom stereocenters. The van der Waals surface area contributed by atoms with Gasteiger partial charge in [-0.1, -0.05) is 12.0 Å². The fourth-order valence-corrected chi connectivity index (χ4v) is 1.91. The van der Waals surface area contributed by atoms with Crippen LogP contribution in [0.3, 0.4) is 0 Å². The first kappa shape index (κ1) is 13.4. The van der Waals surface area contributed by atoms with Crippen LogP contribution < -0.4 is 5.73 Å². The molecule has 0 aromatic rings. The Labute approximate surface area is 103 Å². The number of hydrogen-bond donors (Lipinski definition) is 1. The summed E-state index contributed by atoms with van der Waals surface area (Å²) in [5.74, 6) is 3.35. The van der Waals surface area contributed by atoms with Gasteiger partial charge >= 0.3 is 0 Å². The second kappa shape index (κ2) is 5.60. The monoisotopic (exact) mass is 236 g/mol. The third-order valence-corrected chi connectivity index (χ3v) is 2.65. The van der Waals surface area contributed by atoms with Crippen molar-refractivity contribution < 1.29 is 4.74 Å². The second-order valence-electron chi connectivity index (χ2n) is 3.93. The molecule has 5 heteroatoms. The van der Waals surface area contributed by atoms with Gasteiger partial charge in [0.2, 0.25) is 5.90 Å². The first-order valence-electron chi connectivity index (χ1n) is 5.50. The summed E-state index contributed by atoms with van der Waals surface area (Å²) in [5.41, 5.74) is 7.20. The van der Waals surface area contributed by atoms with Gasteiger partial charge in [-0.2, -0.15) is 0 Å². The zero-order valence-corrected chi connectivity index (χ0v) is 11.1. The molecule has 0 aromatic heterocycles. The van der Waals surface area contributed by atoms with Crippen LogP contribution in [0, 0.1) is 12.0 Å². The maximum atomic E-state index is 6.14. The second-order valence-corrected chi connectivity index (χ2v) is 3.93. The Balaban J connectivity index is 3.08. The molecule has 0 spiro atoms. The lowest BCUT2D eigenvalue weighted by atomic mass is 10.1. The van der Waals surface area contributed by atoms with Crippen LogP contribution in [0.4, 0.5) is 0 Å². The minimum absolute atomic E-state index is 0.0996. The Bertz CT molecular complexity index is 389. The van der Waals surface area contributed by atoms with Crippen molar-refractivity contribution in [3.05, 3.63) is 11.8 Å². The Morgan fingerprint density at radius 2 is 2.24 bits per heavy atom. The molecule has 5 nitrogen and oxygen atoms in total. The predicted molar refractivity (Wildman–Crippen MR) is 68.9 cm³/mol. The lowest BCUT2D eigenvalue weighted by Gasteiger charge is -2.28. The average Bonchev–Trinajstić information content (AvgIpc) is 2.58. The first-order valence-corrected chi connectivity index (χ1v) is 5.50. The fourth-order valence-electron chi connectivity index (χ4n) is 1.91. The Morgan fingerprint density at radius 1 is 1.59 bits per heavy atom. The Morgan fingerprint density at radius 3 is 2.65 bits per heavy atom. The summed E-state index contributed by atoms with van der Waals surface area (Å²) < 4.78 is 5.17. The Hall–Kier alpha value is -1.67. The lowest BCUT2D eigenvalue weighted by molar-refractivity contribution is 0.305. The van der Waals surface area contributed by atoms with Gasteiger partial charge in [-0.15, -0.1) is 5.10 Å². The van der Waals surface area contributed by atoms with E-state index in [4.69, 9.17) is 10.5 Å². The van der Waals surface area contributed by atoms with E-state index >= 15 is 0 Å². The van der Waals surface area contributed by atoms with Crippen LogP contribution in [0.5, 0.6) is 0 Å². The summed E-state index contributed by atoms with van der Waals surface area (Å²) in [6, 6.07) is 2.53. The molecule has 0 aliphatic carbocycles. The summed E-state index contributed by atoms with van der Waals surface area (Å²) in [5, 5.41) is 5.94. The average molecular weight is 236 g/mol. The van der Waals surface area contributed by atoms with Crippen molar-refractivity contribution in [3.8, 4) is 12.0 Å². The van der Waals surface area contributed by atoms with Crippen LogP contribution in [-0.4, -0.2) is 49.1 Å². The predicted octanol–water partition coefficient (Wildman–Crippen LogP) is 0.404. The van der Waals surface area contributed by atoms with Gasteiger partial charge in [0.1, 0.15) is 12.1 Å². The normalized spacial score (nSPS) is 24.0. The number of hydrazone groups is 1. The standard InChI is InChI=1S/C12H20N4O/c1-6-8-16-11(9(7-2)15(3)4)10(13)12(14-16)17-5/h7,10-11H,13H2,1-5H3/b9-7+. The van der Waals surface area contributed by atoms with E-state index in [0.29, 0.717) is 5.90 Å². The van der Waals surface area contributed by atoms with E-state index in [0.717, 1.165) is 5.70 Å². The minimum atomic E-state index is -0.297. The first-order chi connectivity index (χ1) is 8.06. The minimum Gasteiger partial charge on any atom is -0.482 e. The molecule has 1 rings (SSSR count). The van der Waals surface area contributed by atoms with E-state index in [1.807, 2.05) is 32.0 Å². The van der Waals surface area contributed by atoms with Crippen LogP contribution >= 0.6 is 0 Å². The molecule has 0 radical (unpaired) electrons. The van der Waals surface area contributed by atoms with Gasteiger partial charge in [-0.25, -0.2) is 5.01 Å². The van der Waals surface area contributed by atoms with Crippen molar-refractivity contribution in [2.45, 2.75) is 25.9 Å². The highest BCUT2D eigenvalue weighted by atomic mass is 16.5. The van der Waals surface area contributed by atoms with Crippen LogP contribution in [0.2, 0.25) is 0 Å². The summed E-state index contributed by atoms with van der Waals surface area (Å²) in [6.07, 6.45) is 2.02. The lowest BCUT2D eigenvalue weighted by Crippen LogP contribution is -2.46. The number of methoxy groups -OCH3 is 1. The molecular weight excluding hydrogens is 216 g/mol. The third-order valence-electron chi connectivity index (χ3n) is 2.65. The molecule has 0 saturated heterocycles. The van der Waals surface area contributed by atoms with Gasteiger partial charge in [0.05, 0.1) is 7.11 Å². The number of likely N-dealkylation sites (N-methyl/N-ethyl adjacent to an activating group) is 1. The summed E-state index contributed by atoms with van der Waals surface area (Å²) in [7, 11) is 5.53. The zero-order chi connectivity index (χ0) is 13.0.